The Morgan fingerprint density at radius 1 is 1.31 bits per heavy atom. The van der Waals surface area contributed by atoms with Crippen molar-refractivity contribution in [2.24, 2.45) is 5.73 Å². The number of nitrogens with zero attached hydrogens (tertiary/aromatic N) is 3. The number of ether oxygens (including phenoxy) is 1. The molecule has 3 heterocycles. The molecule has 10 heteroatoms. The summed E-state index contributed by atoms with van der Waals surface area (Å²) in [5, 5.41) is 19.6. The number of rotatable bonds is 6. The van der Waals surface area contributed by atoms with Crippen LogP contribution in [0.3, 0.4) is 0 Å². The molecule has 1 fully saturated rings. The Hall–Kier alpha value is -2.98. The number of pyridine rings is 1. The van der Waals surface area contributed by atoms with Gasteiger partial charge < -0.3 is 30.2 Å². The third kappa shape index (κ3) is 3.51. The third-order valence-electron chi connectivity index (χ3n) is 4.26. The number of primary amides is 1. The van der Waals surface area contributed by atoms with Crippen LogP contribution in [0.4, 0.5) is 0 Å². The van der Waals surface area contributed by atoms with E-state index in [2.05, 4.69) is 4.98 Å². The highest BCUT2D eigenvalue weighted by Gasteiger charge is 2.35. The van der Waals surface area contributed by atoms with Crippen molar-refractivity contribution in [1.82, 2.24) is 14.5 Å². The lowest BCUT2D eigenvalue weighted by atomic mass is 10.2. The number of aliphatic hydroxyl groups excluding tert-OH is 1. The first kappa shape index (κ1) is 17.8. The maximum Gasteiger partial charge on any atom is 0.329 e. The minimum atomic E-state index is -1.16. The van der Waals surface area contributed by atoms with Crippen LogP contribution < -0.4 is 5.73 Å². The molecule has 0 radical (unpaired) electrons. The van der Waals surface area contributed by atoms with Gasteiger partial charge in [0, 0.05) is 30.9 Å². The van der Waals surface area contributed by atoms with Crippen LogP contribution in [0.2, 0.25) is 0 Å². The largest absolute Gasteiger partial charge is 0.480 e. The highest BCUT2D eigenvalue weighted by atomic mass is 16.5. The van der Waals surface area contributed by atoms with Crippen molar-refractivity contribution in [3.05, 3.63) is 30.1 Å². The van der Waals surface area contributed by atoms with Crippen LogP contribution in [-0.4, -0.2) is 74.9 Å². The Labute approximate surface area is 147 Å². The van der Waals surface area contributed by atoms with Crippen LogP contribution >= 0.6 is 0 Å². The van der Waals surface area contributed by atoms with E-state index in [0.29, 0.717) is 11.0 Å². The number of carboxylic acid groups (broad SMARTS) is 1. The van der Waals surface area contributed by atoms with Gasteiger partial charge in [0.25, 0.3) is 0 Å². The fraction of sp³-hybridized carbons (Fsp3) is 0.375. The monoisotopic (exact) mass is 362 g/mol. The summed E-state index contributed by atoms with van der Waals surface area (Å²) in [6, 6.07) is 2.95. The number of aliphatic hydroxyl groups is 1. The fourth-order valence-corrected chi connectivity index (χ4v) is 3.01. The van der Waals surface area contributed by atoms with Gasteiger partial charge in [-0.15, -0.1) is 0 Å². The van der Waals surface area contributed by atoms with E-state index in [1.165, 1.54) is 11.1 Å². The lowest BCUT2D eigenvalue weighted by Crippen LogP contribution is -2.33. The highest BCUT2D eigenvalue weighted by molar-refractivity contribution is 5.95. The summed E-state index contributed by atoms with van der Waals surface area (Å²) in [4.78, 5) is 39.4. The van der Waals surface area contributed by atoms with Crippen LogP contribution in [0.25, 0.3) is 11.0 Å². The molecule has 0 aromatic carbocycles. The second-order valence-electron chi connectivity index (χ2n) is 6.04. The predicted molar refractivity (Wildman–Crippen MR) is 88.3 cm³/mol. The quantitative estimate of drug-likeness (QED) is 0.595. The van der Waals surface area contributed by atoms with Crippen molar-refractivity contribution < 1.29 is 29.3 Å². The first-order chi connectivity index (χ1) is 12.4. The lowest BCUT2D eigenvalue weighted by Gasteiger charge is -2.17. The van der Waals surface area contributed by atoms with E-state index < -0.39 is 36.5 Å². The number of fused-ring (bicyclic) bond motifs is 1. The van der Waals surface area contributed by atoms with Gasteiger partial charge in [-0.05, 0) is 12.1 Å². The molecule has 0 bridgehead atoms. The molecule has 0 spiro atoms. The molecular formula is C16H18N4O6. The maximum absolute atomic E-state index is 12.1. The first-order valence-electron chi connectivity index (χ1n) is 7.88. The van der Waals surface area contributed by atoms with Gasteiger partial charge in [0.2, 0.25) is 11.8 Å². The van der Waals surface area contributed by atoms with E-state index in [0.717, 1.165) is 0 Å². The van der Waals surface area contributed by atoms with Crippen molar-refractivity contribution in [2.45, 2.75) is 12.1 Å². The predicted octanol–water partition coefficient (Wildman–Crippen LogP) is -1.02. The van der Waals surface area contributed by atoms with Crippen molar-refractivity contribution in [3.8, 4) is 0 Å². The molecule has 1 aliphatic rings. The standard InChI is InChI=1S/C16H18N4O6/c17-15(25)10-3-9-1-2-20(16(9)18-4-10)11-5-19(6-12(11)21)13(22)7-26-8-14(23)24/h1-4,11-12,21H,5-8H2,(H2,17,25)(H,23,24)/t11-,12-/m1/s1. The molecule has 1 saturated heterocycles. The molecule has 3 rings (SSSR count). The minimum Gasteiger partial charge on any atom is -0.480 e. The molecule has 138 valence electrons. The summed E-state index contributed by atoms with van der Waals surface area (Å²) in [7, 11) is 0. The molecule has 0 aliphatic carbocycles. The van der Waals surface area contributed by atoms with E-state index in [1.807, 2.05) is 0 Å². The Morgan fingerprint density at radius 3 is 2.77 bits per heavy atom. The number of β-amino-alcohol motifs (C(OH)–C–C–N with tert-alkyl or cyclic N) is 1. The van der Waals surface area contributed by atoms with Gasteiger partial charge in [-0.1, -0.05) is 0 Å². The van der Waals surface area contributed by atoms with Gasteiger partial charge in [0.1, 0.15) is 18.9 Å². The first-order valence-corrected chi connectivity index (χ1v) is 7.88. The molecule has 0 unspecified atom stereocenters. The summed E-state index contributed by atoms with van der Waals surface area (Å²) >= 11 is 0. The Morgan fingerprint density at radius 2 is 2.08 bits per heavy atom. The molecule has 2 atom stereocenters. The number of nitrogens with two attached hydrogens (primary N) is 1. The normalized spacial score (nSPS) is 19.8. The molecule has 2 amide bonds. The van der Waals surface area contributed by atoms with Crippen molar-refractivity contribution in [2.75, 3.05) is 26.3 Å². The Balaban J connectivity index is 1.74. The number of carbonyl (C=O) groups is 3. The topological polar surface area (TPSA) is 148 Å². The summed E-state index contributed by atoms with van der Waals surface area (Å²) in [6.07, 6.45) is 2.28. The van der Waals surface area contributed by atoms with Crippen molar-refractivity contribution in [1.29, 1.82) is 0 Å². The third-order valence-corrected chi connectivity index (χ3v) is 4.26. The summed E-state index contributed by atoms with van der Waals surface area (Å²) in [5.41, 5.74) is 6.10. The number of hydrogen-bond donors (Lipinski definition) is 3. The van der Waals surface area contributed by atoms with Crippen LogP contribution in [0.5, 0.6) is 0 Å². The van der Waals surface area contributed by atoms with Gasteiger partial charge in [0.15, 0.2) is 0 Å². The average molecular weight is 362 g/mol. The van der Waals surface area contributed by atoms with Gasteiger partial charge in [-0.2, -0.15) is 0 Å². The lowest BCUT2D eigenvalue weighted by molar-refractivity contribution is -0.145. The van der Waals surface area contributed by atoms with E-state index in [9.17, 15) is 19.5 Å². The number of carboxylic acids is 1. The van der Waals surface area contributed by atoms with Crippen LogP contribution in [-0.2, 0) is 14.3 Å². The number of aliphatic carboxylic acids is 1. The molecule has 10 nitrogen and oxygen atoms in total. The van der Waals surface area contributed by atoms with E-state index >= 15 is 0 Å². The summed E-state index contributed by atoms with van der Waals surface area (Å²) in [5.74, 6) is -2.13. The zero-order chi connectivity index (χ0) is 18.8. The number of aromatic nitrogens is 2. The van der Waals surface area contributed by atoms with E-state index in [4.69, 9.17) is 15.6 Å². The molecule has 26 heavy (non-hydrogen) atoms. The molecular weight excluding hydrogens is 344 g/mol. The smallest absolute Gasteiger partial charge is 0.329 e. The van der Waals surface area contributed by atoms with Gasteiger partial charge in [-0.25, -0.2) is 9.78 Å². The zero-order valence-electron chi connectivity index (χ0n) is 13.7. The number of carbonyl (C=O) groups excluding carboxylic acids is 2. The van der Waals surface area contributed by atoms with Gasteiger partial charge in [-0.3, -0.25) is 9.59 Å². The molecule has 4 N–H and O–H groups in total. The van der Waals surface area contributed by atoms with Crippen LogP contribution in [0.1, 0.15) is 16.4 Å². The van der Waals surface area contributed by atoms with E-state index in [-0.39, 0.29) is 25.3 Å². The summed E-state index contributed by atoms with van der Waals surface area (Å²) in [6.45, 7) is -0.573. The number of likely N-dealkylation sites (tertiary alicyclic amines) is 1. The SMILES string of the molecule is NC(=O)c1cnc2c(ccn2[C@@H]2CN(C(=O)COCC(=O)O)C[C@H]2O)c1. The Kier molecular flexibility index (Phi) is 4.87. The average Bonchev–Trinajstić information content (AvgIpc) is 3.16. The molecule has 2 aromatic heterocycles. The zero-order valence-corrected chi connectivity index (χ0v) is 13.7. The van der Waals surface area contributed by atoms with Crippen molar-refractivity contribution >= 4 is 28.8 Å². The minimum absolute atomic E-state index is 0.110. The number of hydrogen-bond acceptors (Lipinski definition) is 6. The van der Waals surface area contributed by atoms with Crippen LogP contribution in [0, 0.1) is 0 Å². The van der Waals surface area contributed by atoms with Gasteiger partial charge in [0.05, 0.1) is 17.7 Å². The molecule has 0 saturated carbocycles. The second-order valence-corrected chi connectivity index (χ2v) is 6.04. The van der Waals surface area contributed by atoms with Crippen molar-refractivity contribution in [3.63, 3.8) is 0 Å². The second kappa shape index (κ2) is 7.10. The fourth-order valence-electron chi connectivity index (χ4n) is 3.01. The van der Waals surface area contributed by atoms with Gasteiger partial charge >= 0.3 is 5.97 Å². The molecule has 1 aliphatic heterocycles. The highest BCUT2D eigenvalue weighted by Crippen LogP contribution is 2.27. The number of amides is 2. The Bertz CT molecular complexity index is 864. The van der Waals surface area contributed by atoms with E-state index in [1.54, 1.807) is 22.9 Å². The maximum atomic E-state index is 12.1. The van der Waals surface area contributed by atoms with Crippen LogP contribution in [0.15, 0.2) is 24.5 Å². The molecule has 2 aromatic rings. The summed E-state index contributed by atoms with van der Waals surface area (Å²) < 4.78 is 6.55.